The number of phosphoric ester groups is 1. The minimum Gasteiger partial charge on any atom is -0.462 e. The predicted octanol–water partition coefficient (Wildman–Crippen LogP) is 11.6. The molecule has 0 spiro atoms. The van der Waals surface area contributed by atoms with Gasteiger partial charge >= 0.3 is 19.8 Å². The molecule has 0 aliphatic rings. The van der Waals surface area contributed by atoms with E-state index in [1.54, 1.807) is 0 Å². The summed E-state index contributed by atoms with van der Waals surface area (Å²) >= 11 is 0. The van der Waals surface area contributed by atoms with E-state index in [0.29, 0.717) is 12.8 Å². The van der Waals surface area contributed by atoms with Gasteiger partial charge in [0.2, 0.25) is 0 Å². The smallest absolute Gasteiger partial charge is 0.462 e. The Labute approximate surface area is 335 Å². The number of hydrogen-bond donors (Lipinski definition) is 3. The zero-order valence-electron chi connectivity index (χ0n) is 34.9. The van der Waals surface area contributed by atoms with Crippen LogP contribution in [0.3, 0.4) is 0 Å². The number of carbonyl (C=O) groups excluding carboxylic acids is 2. The van der Waals surface area contributed by atoms with Crippen molar-refractivity contribution in [3.8, 4) is 0 Å². The Kier molecular flexibility index (Phi) is 39.1. The average molecular weight is 801 g/mol. The van der Waals surface area contributed by atoms with Crippen LogP contribution in [0.5, 0.6) is 0 Å². The summed E-state index contributed by atoms with van der Waals surface area (Å²) in [7, 11) is -4.62. The standard InChI is InChI=1S/C44H81O10P/c1-3-5-7-9-11-13-15-17-18-19-20-21-22-24-25-27-29-31-33-35-43(47)51-39-42(40-53-55(49,50)52-38-41(46)37-45)54-44(48)36-34-32-30-28-26-23-16-14-12-10-8-6-4-2/h6,8,10,12,14,16,41-42,45-46H,3-5,7,9,11,13,15,17-40H2,1-2H3,(H,49,50)/b8-6+,12-10+,16-14+/t41-,42?/m1/s1. The second-order valence-corrected chi connectivity index (χ2v) is 16.2. The molecule has 55 heavy (non-hydrogen) atoms. The molecule has 0 radical (unpaired) electrons. The Balaban J connectivity index is 4.23. The van der Waals surface area contributed by atoms with Crippen molar-refractivity contribution >= 4 is 19.8 Å². The molecule has 0 fully saturated rings. The van der Waals surface area contributed by atoms with Crippen molar-refractivity contribution in [2.75, 3.05) is 26.4 Å². The Bertz CT molecular complexity index is 1010. The second-order valence-electron chi connectivity index (χ2n) is 14.8. The number of phosphoric acid groups is 1. The summed E-state index contributed by atoms with van der Waals surface area (Å²) in [5, 5.41) is 18.3. The number of carbonyl (C=O) groups is 2. The minimum atomic E-state index is -4.62. The number of aliphatic hydroxyl groups excluding tert-OH is 2. The van der Waals surface area contributed by atoms with Crippen LogP contribution in [0.15, 0.2) is 36.5 Å². The highest BCUT2D eigenvalue weighted by Crippen LogP contribution is 2.43. The number of unbranched alkanes of at least 4 members (excludes halogenated alkanes) is 23. The topological polar surface area (TPSA) is 149 Å². The number of rotatable bonds is 41. The summed E-state index contributed by atoms with van der Waals surface area (Å²) in [6.07, 6.45) is 41.2. The van der Waals surface area contributed by atoms with Gasteiger partial charge in [0.05, 0.1) is 19.8 Å². The van der Waals surface area contributed by atoms with Gasteiger partial charge in [0, 0.05) is 12.8 Å². The third kappa shape index (κ3) is 40.2. The average Bonchev–Trinajstić information content (AvgIpc) is 3.17. The molecule has 0 heterocycles. The van der Waals surface area contributed by atoms with Crippen LogP contribution in [0.2, 0.25) is 0 Å². The van der Waals surface area contributed by atoms with E-state index in [1.807, 2.05) is 18.2 Å². The molecule has 3 N–H and O–H groups in total. The molecule has 0 rings (SSSR count). The molecule has 0 aromatic heterocycles. The van der Waals surface area contributed by atoms with Gasteiger partial charge in [-0.1, -0.05) is 185 Å². The van der Waals surface area contributed by atoms with Crippen molar-refractivity contribution < 1.29 is 47.8 Å². The molecule has 0 saturated carbocycles. The lowest BCUT2D eigenvalue weighted by Gasteiger charge is -2.20. The van der Waals surface area contributed by atoms with Gasteiger partial charge in [-0.05, 0) is 32.1 Å². The van der Waals surface area contributed by atoms with E-state index in [4.69, 9.17) is 19.1 Å². The SMILES string of the molecule is CC/C=C/C=C/C=C/CCCCCCCC(=O)OC(COC(=O)CCCCCCCCCCCCCCCCCCCCC)COP(=O)(O)OC[C@H](O)CO. The highest BCUT2D eigenvalue weighted by Gasteiger charge is 2.27. The van der Waals surface area contributed by atoms with Gasteiger partial charge in [-0.3, -0.25) is 18.6 Å². The van der Waals surface area contributed by atoms with E-state index in [-0.39, 0.29) is 19.4 Å². The van der Waals surface area contributed by atoms with Gasteiger partial charge in [0.1, 0.15) is 12.7 Å². The van der Waals surface area contributed by atoms with Gasteiger partial charge in [0.15, 0.2) is 6.10 Å². The Hall–Kier alpha value is -1.81. The summed E-state index contributed by atoms with van der Waals surface area (Å²) in [6, 6.07) is 0. The maximum atomic E-state index is 12.6. The third-order valence-electron chi connectivity index (χ3n) is 9.37. The fourth-order valence-electron chi connectivity index (χ4n) is 5.99. The largest absolute Gasteiger partial charge is 0.472 e. The fraction of sp³-hybridized carbons (Fsp3) is 0.818. The molecule has 0 saturated heterocycles. The maximum Gasteiger partial charge on any atom is 0.472 e. The Morgan fingerprint density at radius 3 is 1.49 bits per heavy atom. The molecule has 322 valence electrons. The van der Waals surface area contributed by atoms with Crippen LogP contribution in [0.4, 0.5) is 0 Å². The molecule has 11 heteroatoms. The first kappa shape index (κ1) is 53.2. The number of aliphatic hydroxyl groups is 2. The zero-order chi connectivity index (χ0) is 40.5. The van der Waals surface area contributed by atoms with Gasteiger partial charge in [-0.2, -0.15) is 0 Å². The number of hydrogen-bond acceptors (Lipinski definition) is 9. The van der Waals surface area contributed by atoms with E-state index >= 15 is 0 Å². The van der Waals surface area contributed by atoms with Crippen LogP contribution in [0.1, 0.15) is 194 Å². The molecule has 10 nitrogen and oxygen atoms in total. The third-order valence-corrected chi connectivity index (χ3v) is 10.3. The second kappa shape index (κ2) is 40.4. The molecule has 0 aliphatic carbocycles. The first-order valence-electron chi connectivity index (χ1n) is 22.0. The Morgan fingerprint density at radius 2 is 1.00 bits per heavy atom. The van der Waals surface area contributed by atoms with Crippen LogP contribution in [-0.2, 0) is 32.7 Å². The van der Waals surface area contributed by atoms with E-state index < -0.39 is 51.8 Å². The monoisotopic (exact) mass is 801 g/mol. The molecule has 0 amide bonds. The van der Waals surface area contributed by atoms with Crippen LogP contribution in [-0.4, -0.2) is 65.7 Å². The highest BCUT2D eigenvalue weighted by molar-refractivity contribution is 7.47. The maximum absolute atomic E-state index is 12.6. The highest BCUT2D eigenvalue weighted by atomic mass is 31.2. The number of ether oxygens (including phenoxy) is 2. The summed E-state index contributed by atoms with van der Waals surface area (Å²) in [6.45, 7) is 2.24. The van der Waals surface area contributed by atoms with Gasteiger partial charge < -0.3 is 24.6 Å². The van der Waals surface area contributed by atoms with E-state index in [0.717, 1.165) is 57.8 Å². The van der Waals surface area contributed by atoms with Crippen molar-refractivity contribution in [3.63, 3.8) is 0 Å². The lowest BCUT2D eigenvalue weighted by atomic mass is 10.0. The van der Waals surface area contributed by atoms with Crippen LogP contribution < -0.4 is 0 Å². The molecule has 0 aromatic rings. The molecule has 3 atom stereocenters. The summed E-state index contributed by atoms with van der Waals surface area (Å²) in [4.78, 5) is 35.0. The fourth-order valence-corrected chi connectivity index (χ4v) is 6.78. The predicted molar refractivity (Wildman–Crippen MR) is 224 cm³/mol. The van der Waals surface area contributed by atoms with Crippen LogP contribution >= 0.6 is 7.82 Å². The molecular formula is C44H81O10P. The summed E-state index contributed by atoms with van der Waals surface area (Å²) < 4.78 is 32.7. The van der Waals surface area contributed by atoms with E-state index in [2.05, 4.69) is 36.6 Å². The van der Waals surface area contributed by atoms with Crippen LogP contribution in [0, 0.1) is 0 Å². The number of esters is 2. The first-order chi connectivity index (χ1) is 26.7. The molecule has 0 aromatic carbocycles. The van der Waals surface area contributed by atoms with Crippen molar-refractivity contribution in [3.05, 3.63) is 36.5 Å². The zero-order valence-corrected chi connectivity index (χ0v) is 35.8. The normalized spacial score (nSPS) is 14.2. The molecular weight excluding hydrogens is 719 g/mol. The molecule has 0 aliphatic heterocycles. The van der Waals surface area contributed by atoms with E-state index in [1.165, 1.54) is 96.3 Å². The summed E-state index contributed by atoms with van der Waals surface area (Å²) in [5.74, 6) is -0.943. The number of allylic oxidation sites excluding steroid dienone is 6. The first-order valence-corrected chi connectivity index (χ1v) is 23.5. The molecule has 0 bridgehead atoms. The Morgan fingerprint density at radius 1 is 0.564 bits per heavy atom. The molecule has 2 unspecified atom stereocenters. The summed E-state index contributed by atoms with van der Waals surface area (Å²) in [5.41, 5.74) is 0. The lowest BCUT2D eigenvalue weighted by molar-refractivity contribution is -0.161. The quantitative estimate of drug-likeness (QED) is 0.0236. The lowest BCUT2D eigenvalue weighted by Crippen LogP contribution is -2.29. The van der Waals surface area contributed by atoms with Crippen LogP contribution in [0.25, 0.3) is 0 Å². The van der Waals surface area contributed by atoms with Crippen molar-refractivity contribution in [2.24, 2.45) is 0 Å². The van der Waals surface area contributed by atoms with Gasteiger partial charge in [-0.15, -0.1) is 0 Å². The van der Waals surface area contributed by atoms with Crippen molar-refractivity contribution in [2.45, 2.75) is 206 Å². The minimum absolute atomic E-state index is 0.162. The van der Waals surface area contributed by atoms with Gasteiger partial charge in [0.25, 0.3) is 0 Å². The van der Waals surface area contributed by atoms with E-state index in [9.17, 15) is 24.2 Å². The van der Waals surface area contributed by atoms with Gasteiger partial charge in [-0.25, -0.2) is 4.57 Å². The van der Waals surface area contributed by atoms with Crippen molar-refractivity contribution in [1.29, 1.82) is 0 Å². The van der Waals surface area contributed by atoms with Crippen molar-refractivity contribution in [1.82, 2.24) is 0 Å².